The second-order valence-electron chi connectivity index (χ2n) is 5.43. The highest BCUT2D eigenvalue weighted by atomic mass is 16.3. The van der Waals surface area contributed by atoms with Gasteiger partial charge in [0.25, 0.3) is 0 Å². The van der Waals surface area contributed by atoms with E-state index in [1.165, 1.54) is 12.8 Å². The zero-order chi connectivity index (χ0) is 13.7. The maximum atomic E-state index is 10.0. The van der Waals surface area contributed by atoms with Crippen molar-refractivity contribution in [2.75, 3.05) is 19.6 Å². The SMILES string of the molecule is CCN(Cc1cccc(C)n1)CC(O)CNC1CC1. The van der Waals surface area contributed by atoms with Gasteiger partial charge in [0.2, 0.25) is 0 Å². The Labute approximate surface area is 115 Å². The first-order valence-corrected chi connectivity index (χ1v) is 7.23. The Morgan fingerprint density at radius 1 is 1.47 bits per heavy atom. The minimum Gasteiger partial charge on any atom is -0.390 e. The monoisotopic (exact) mass is 263 g/mol. The van der Waals surface area contributed by atoms with Gasteiger partial charge in [-0.05, 0) is 38.4 Å². The smallest absolute Gasteiger partial charge is 0.0791 e. The fourth-order valence-electron chi connectivity index (χ4n) is 2.17. The molecule has 1 unspecified atom stereocenters. The second-order valence-corrected chi connectivity index (χ2v) is 5.43. The average molecular weight is 263 g/mol. The molecule has 1 heterocycles. The minimum absolute atomic E-state index is 0.301. The molecular weight excluding hydrogens is 238 g/mol. The van der Waals surface area contributed by atoms with Crippen LogP contribution in [0.15, 0.2) is 18.2 Å². The van der Waals surface area contributed by atoms with Crippen LogP contribution in [0.5, 0.6) is 0 Å². The molecule has 106 valence electrons. The average Bonchev–Trinajstić information content (AvgIpc) is 3.19. The Balaban J connectivity index is 1.78. The van der Waals surface area contributed by atoms with Gasteiger partial charge in [-0.3, -0.25) is 9.88 Å². The van der Waals surface area contributed by atoms with Crippen molar-refractivity contribution < 1.29 is 5.11 Å². The summed E-state index contributed by atoms with van der Waals surface area (Å²) in [5, 5.41) is 13.4. The molecule has 1 aromatic rings. The van der Waals surface area contributed by atoms with E-state index in [9.17, 15) is 5.11 Å². The molecular formula is C15H25N3O. The Hall–Kier alpha value is -0.970. The molecule has 1 fully saturated rings. The number of pyridine rings is 1. The number of likely N-dealkylation sites (N-methyl/N-ethyl adjacent to an activating group) is 1. The van der Waals surface area contributed by atoms with Crippen LogP contribution in [0.4, 0.5) is 0 Å². The van der Waals surface area contributed by atoms with Gasteiger partial charge < -0.3 is 10.4 Å². The molecule has 0 radical (unpaired) electrons. The van der Waals surface area contributed by atoms with Gasteiger partial charge in [0.15, 0.2) is 0 Å². The number of aliphatic hydroxyl groups is 1. The van der Waals surface area contributed by atoms with Crippen LogP contribution in [0.3, 0.4) is 0 Å². The molecule has 0 amide bonds. The number of aliphatic hydroxyl groups excluding tert-OH is 1. The lowest BCUT2D eigenvalue weighted by molar-refractivity contribution is 0.109. The highest BCUT2D eigenvalue weighted by Crippen LogP contribution is 2.18. The summed E-state index contributed by atoms with van der Waals surface area (Å²) < 4.78 is 0. The summed E-state index contributed by atoms with van der Waals surface area (Å²) in [6, 6.07) is 6.75. The van der Waals surface area contributed by atoms with Crippen LogP contribution in [0.25, 0.3) is 0 Å². The number of aromatic nitrogens is 1. The molecule has 1 saturated carbocycles. The molecule has 2 rings (SSSR count). The van der Waals surface area contributed by atoms with E-state index in [0.717, 1.165) is 24.5 Å². The van der Waals surface area contributed by atoms with E-state index in [0.29, 0.717) is 19.1 Å². The quantitative estimate of drug-likeness (QED) is 0.743. The summed E-state index contributed by atoms with van der Waals surface area (Å²) in [5.74, 6) is 0. The van der Waals surface area contributed by atoms with E-state index in [2.05, 4.69) is 22.1 Å². The Morgan fingerprint density at radius 3 is 2.89 bits per heavy atom. The van der Waals surface area contributed by atoms with Crippen molar-refractivity contribution in [1.29, 1.82) is 0 Å². The van der Waals surface area contributed by atoms with Crippen LogP contribution >= 0.6 is 0 Å². The lowest BCUT2D eigenvalue weighted by atomic mass is 10.2. The number of nitrogens with one attached hydrogen (secondary N) is 1. The number of nitrogens with zero attached hydrogens (tertiary/aromatic N) is 2. The number of aryl methyl sites for hydroxylation is 1. The molecule has 0 saturated heterocycles. The second kappa shape index (κ2) is 6.98. The molecule has 0 aromatic carbocycles. The van der Waals surface area contributed by atoms with E-state index in [-0.39, 0.29) is 6.10 Å². The van der Waals surface area contributed by atoms with Crippen LogP contribution in [0.2, 0.25) is 0 Å². The standard InChI is InChI=1S/C15H25N3O/c1-3-18(10-14-6-4-5-12(2)17-14)11-15(19)9-16-13-7-8-13/h4-6,13,15-16,19H,3,7-11H2,1-2H3. The van der Waals surface area contributed by atoms with Crippen molar-refractivity contribution in [2.45, 2.75) is 45.4 Å². The molecule has 0 aliphatic heterocycles. The summed E-state index contributed by atoms with van der Waals surface area (Å²) in [7, 11) is 0. The van der Waals surface area contributed by atoms with Gasteiger partial charge in [-0.1, -0.05) is 13.0 Å². The van der Waals surface area contributed by atoms with E-state index in [1.807, 2.05) is 25.1 Å². The predicted octanol–water partition coefficient (Wildman–Crippen LogP) is 1.32. The first-order chi connectivity index (χ1) is 9.17. The summed E-state index contributed by atoms with van der Waals surface area (Å²) in [6.07, 6.45) is 2.22. The van der Waals surface area contributed by atoms with Crippen molar-refractivity contribution in [3.05, 3.63) is 29.6 Å². The van der Waals surface area contributed by atoms with Gasteiger partial charge in [-0.2, -0.15) is 0 Å². The largest absolute Gasteiger partial charge is 0.390 e. The van der Waals surface area contributed by atoms with Crippen LogP contribution in [-0.4, -0.2) is 46.8 Å². The zero-order valence-electron chi connectivity index (χ0n) is 12.0. The van der Waals surface area contributed by atoms with Crippen LogP contribution in [-0.2, 0) is 6.54 Å². The molecule has 1 aliphatic rings. The van der Waals surface area contributed by atoms with Crippen molar-refractivity contribution in [2.24, 2.45) is 0 Å². The van der Waals surface area contributed by atoms with Crippen LogP contribution < -0.4 is 5.32 Å². The van der Waals surface area contributed by atoms with E-state index in [4.69, 9.17) is 0 Å². The number of hydrogen-bond acceptors (Lipinski definition) is 4. The molecule has 19 heavy (non-hydrogen) atoms. The summed E-state index contributed by atoms with van der Waals surface area (Å²) in [6.45, 7) is 7.26. The molecule has 0 spiro atoms. The Bertz CT molecular complexity index is 393. The van der Waals surface area contributed by atoms with Crippen molar-refractivity contribution in [3.8, 4) is 0 Å². The third-order valence-electron chi connectivity index (χ3n) is 3.47. The minimum atomic E-state index is -0.301. The van der Waals surface area contributed by atoms with E-state index >= 15 is 0 Å². The highest BCUT2D eigenvalue weighted by Gasteiger charge is 2.21. The lowest BCUT2D eigenvalue weighted by Crippen LogP contribution is -2.38. The predicted molar refractivity (Wildman–Crippen MR) is 77.0 cm³/mol. The van der Waals surface area contributed by atoms with Crippen molar-refractivity contribution in [1.82, 2.24) is 15.2 Å². The Kier molecular flexibility index (Phi) is 5.31. The van der Waals surface area contributed by atoms with Crippen molar-refractivity contribution >= 4 is 0 Å². The fraction of sp³-hybridized carbons (Fsp3) is 0.667. The third-order valence-corrected chi connectivity index (χ3v) is 3.47. The van der Waals surface area contributed by atoms with Gasteiger partial charge >= 0.3 is 0 Å². The van der Waals surface area contributed by atoms with E-state index < -0.39 is 0 Å². The summed E-state index contributed by atoms with van der Waals surface area (Å²) in [4.78, 5) is 6.75. The molecule has 2 N–H and O–H groups in total. The van der Waals surface area contributed by atoms with Gasteiger partial charge in [0.1, 0.15) is 0 Å². The molecule has 1 aromatic heterocycles. The van der Waals surface area contributed by atoms with Crippen LogP contribution in [0, 0.1) is 6.92 Å². The first kappa shape index (κ1) is 14.4. The highest BCUT2D eigenvalue weighted by molar-refractivity contribution is 5.09. The summed E-state index contributed by atoms with van der Waals surface area (Å²) in [5.41, 5.74) is 2.12. The molecule has 4 nitrogen and oxygen atoms in total. The van der Waals surface area contributed by atoms with E-state index in [1.54, 1.807) is 0 Å². The van der Waals surface area contributed by atoms with Crippen LogP contribution in [0.1, 0.15) is 31.2 Å². The van der Waals surface area contributed by atoms with Crippen molar-refractivity contribution in [3.63, 3.8) is 0 Å². The third kappa shape index (κ3) is 5.27. The van der Waals surface area contributed by atoms with Gasteiger partial charge in [-0.15, -0.1) is 0 Å². The summed E-state index contributed by atoms with van der Waals surface area (Å²) >= 11 is 0. The molecule has 0 bridgehead atoms. The van der Waals surface area contributed by atoms with Gasteiger partial charge in [0, 0.05) is 31.4 Å². The van der Waals surface area contributed by atoms with Gasteiger partial charge in [-0.25, -0.2) is 0 Å². The normalized spacial score (nSPS) is 16.8. The zero-order valence-corrected chi connectivity index (χ0v) is 12.0. The maximum absolute atomic E-state index is 10.0. The number of hydrogen-bond donors (Lipinski definition) is 2. The number of rotatable bonds is 8. The lowest BCUT2D eigenvalue weighted by Gasteiger charge is -2.23. The molecule has 1 atom stereocenters. The van der Waals surface area contributed by atoms with Gasteiger partial charge in [0.05, 0.1) is 11.8 Å². The molecule has 1 aliphatic carbocycles. The Morgan fingerprint density at radius 2 is 2.26 bits per heavy atom. The topological polar surface area (TPSA) is 48.4 Å². The first-order valence-electron chi connectivity index (χ1n) is 7.23. The molecule has 4 heteroatoms. The fourth-order valence-corrected chi connectivity index (χ4v) is 2.17. The maximum Gasteiger partial charge on any atom is 0.0791 e.